The van der Waals surface area contributed by atoms with Gasteiger partial charge in [0.1, 0.15) is 18.0 Å². The van der Waals surface area contributed by atoms with Crippen molar-refractivity contribution in [3.05, 3.63) is 29.3 Å². The van der Waals surface area contributed by atoms with Gasteiger partial charge in [0.05, 0.1) is 0 Å². The second kappa shape index (κ2) is 5.72. The topological polar surface area (TPSA) is 21.7 Å². The molecule has 0 aliphatic carbocycles. The van der Waals surface area contributed by atoms with E-state index in [2.05, 4.69) is 37.9 Å². The van der Waals surface area contributed by atoms with Crippen molar-refractivity contribution >= 4 is 0 Å². The first-order valence-corrected chi connectivity index (χ1v) is 6.56. The zero-order valence-electron chi connectivity index (χ0n) is 11.8. The summed E-state index contributed by atoms with van der Waals surface area (Å²) in [5, 5.41) is 0. The smallest absolute Gasteiger partial charge is 0.127 e. The average molecular weight is 249 g/mol. The number of ether oxygens (including phenoxy) is 2. The molecule has 1 aromatic carbocycles. The number of hydrogen-bond acceptors (Lipinski definition) is 3. The predicted molar refractivity (Wildman–Crippen MR) is 73.2 cm³/mol. The van der Waals surface area contributed by atoms with Crippen LogP contribution in [0.25, 0.3) is 0 Å². The maximum Gasteiger partial charge on any atom is 0.127 e. The highest BCUT2D eigenvalue weighted by molar-refractivity contribution is 5.38. The summed E-state index contributed by atoms with van der Waals surface area (Å²) in [4.78, 5) is 2.29. The number of nitrogens with zero attached hydrogens (tertiary/aromatic N) is 1. The van der Waals surface area contributed by atoms with Crippen LogP contribution in [-0.4, -0.2) is 44.4 Å². The van der Waals surface area contributed by atoms with Gasteiger partial charge in [0.25, 0.3) is 0 Å². The van der Waals surface area contributed by atoms with E-state index in [1.54, 1.807) is 7.11 Å². The number of hydrogen-bond donors (Lipinski definition) is 0. The van der Waals surface area contributed by atoms with Crippen molar-refractivity contribution in [1.82, 2.24) is 4.90 Å². The van der Waals surface area contributed by atoms with Crippen molar-refractivity contribution in [1.29, 1.82) is 0 Å². The van der Waals surface area contributed by atoms with Crippen LogP contribution in [0.4, 0.5) is 0 Å². The Balaban J connectivity index is 2.10. The second-order valence-electron chi connectivity index (χ2n) is 5.18. The number of rotatable bonds is 3. The van der Waals surface area contributed by atoms with E-state index in [-0.39, 0.29) is 12.2 Å². The summed E-state index contributed by atoms with van der Waals surface area (Å²) in [6.07, 6.45) is 1.33. The third-order valence-electron chi connectivity index (χ3n) is 3.84. The lowest BCUT2D eigenvalue weighted by molar-refractivity contribution is -0.0437. The lowest BCUT2D eigenvalue weighted by atomic mass is 10.0. The number of methoxy groups -OCH3 is 1. The molecule has 1 heterocycles. The minimum Gasteiger partial charge on any atom is -0.487 e. The second-order valence-corrected chi connectivity index (χ2v) is 5.18. The number of likely N-dealkylation sites (N-methyl/N-ethyl adjacent to an activating group) is 1. The monoisotopic (exact) mass is 249 g/mol. The average Bonchev–Trinajstić information content (AvgIpc) is 2.37. The molecule has 0 spiro atoms. The molecule has 3 heteroatoms. The number of benzene rings is 1. The Bertz CT molecular complexity index is 405. The summed E-state index contributed by atoms with van der Waals surface area (Å²) in [6, 6.07) is 6.21. The highest BCUT2D eigenvalue weighted by atomic mass is 16.5. The van der Waals surface area contributed by atoms with Crippen LogP contribution in [0.5, 0.6) is 5.75 Å². The van der Waals surface area contributed by atoms with Gasteiger partial charge in [-0.1, -0.05) is 12.1 Å². The molecule has 1 saturated heterocycles. The summed E-state index contributed by atoms with van der Waals surface area (Å²) in [5.41, 5.74) is 2.50. The molecule has 0 bridgehead atoms. The first-order valence-electron chi connectivity index (χ1n) is 6.56. The van der Waals surface area contributed by atoms with Crippen LogP contribution in [0, 0.1) is 13.8 Å². The van der Waals surface area contributed by atoms with E-state index in [9.17, 15) is 0 Å². The standard InChI is InChI=1S/C15H23NO2/c1-11-6-5-7-13(12(11)2)18-14-8-9-16(3)10-15(14)17-4/h5-7,14-15H,8-10H2,1-4H3. The molecular formula is C15H23NO2. The van der Waals surface area contributed by atoms with Crippen LogP contribution < -0.4 is 4.74 Å². The van der Waals surface area contributed by atoms with Crippen LogP contribution >= 0.6 is 0 Å². The normalized spacial score (nSPS) is 25.1. The van der Waals surface area contributed by atoms with E-state index in [0.717, 1.165) is 25.3 Å². The molecule has 0 radical (unpaired) electrons. The van der Waals surface area contributed by atoms with E-state index in [1.807, 2.05) is 6.07 Å². The molecule has 0 saturated carbocycles. The van der Waals surface area contributed by atoms with Gasteiger partial charge >= 0.3 is 0 Å². The van der Waals surface area contributed by atoms with E-state index < -0.39 is 0 Å². The van der Waals surface area contributed by atoms with Crippen LogP contribution in [0.1, 0.15) is 17.5 Å². The molecule has 1 fully saturated rings. The van der Waals surface area contributed by atoms with Crippen LogP contribution in [0.2, 0.25) is 0 Å². The Morgan fingerprint density at radius 3 is 2.72 bits per heavy atom. The number of piperidine rings is 1. The maximum atomic E-state index is 6.17. The minimum atomic E-state index is 0.156. The van der Waals surface area contributed by atoms with Crippen molar-refractivity contribution in [2.75, 3.05) is 27.2 Å². The lowest BCUT2D eigenvalue weighted by Gasteiger charge is -2.36. The third kappa shape index (κ3) is 2.85. The van der Waals surface area contributed by atoms with Crippen LogP contribution in [0.3, 0.4) is 0 Å². The van der Waals surface area contributed by atoms with Crippen molar-refractivity contribution in [2.24, 2.45) is 0 Å². The Morgan fingerprint density at radius 1 is 1.22 bits per heavy atom. The molecule has 1 aliphatic heterocycles. The van der Waals surface area contributed by atoms with Gasteiger partial charge in [-0.3, -0.25) is 0 Å². The van der Waals surface area contributed by atoms with Crippen molar-refractivity contribution in [3.8, 4) is 5.75 Å². The Kier molecular flexibility index (Phi) is 4.25. The van der Waals surface area contributed by atoms with E-state index >= 15 is 0 Å². The fourth-order valence-electron chi connectivity index (χ4n) is 2.43. The molecule has 2 atom stereocenters. The molecule has 2 unspecified atom stereocenters. The number of likely N-dealkylation sites (tertiary alicyclic amines) is 1. The summed E-state index contributed by atoms with van der Waals surface area (Å²) in [5.74, 6) is 0.992. The van der Waals surface area contributed by atoms with E-state index in [0.29, 0.717) is 0 Å². The van der Waals surface area contributed by atoms with Gasteiger partial charge in [-0.25, -0.2) is 0 Å². The Labute approximate surface area is 110 Å². The van der Waals surface area contributed by atoms with Crippen molar-refractivity contribution in [2.45, 2.75) is 32.5 Å². The maximum absolute atomic E-state index is 6.17. The third-order valence-corrected chi connectivity index (χ3v) is 3.84. The van der Waals surface area contributed by atoms with Gasteiger partial charge in [-0.15, -0.1) is 0 Å². The molecule has 18 heavy (non-hydrogen) atoms. The molecule has 0 N–H and O–H groups in total. The molecular weight excluding hydrogens is 226 g/mol. The Morgan fingerprint density at radius 2 is 2.00 bits per heavy atom. The Hall–Kier alpha value is -1.06. The summed E-state index contributed by atoms with van der Waals surface area (Å²) in [6.45, 7) is 6.23. The summed E-state index contributed by atoms with van der Waals surface area (Å²) < 4.78 is 11.7. The molecule has 1 aliphatic rings. The van der Waals surface area contributed by atoms with Crippen molar-refractivity contribution < 1.29 is 9.47 Å². The molecule has 0 amide bonds. The van der Waals surface area contributed by atoms with Crippen LogP contribution in [-0.2, 0) is 4.74 Å². The molecule has 100 valence electrons. The first-order chi connectivity index (χ1) is 8.61. The van der Waals surface area contributed by atoms with Gasteiger partial charge in [0.15, 0.2) is 0 Å². The van der Waals surface area contributed by atoms with E-state index in [4.69, 9.17) is 9.47 Å². The number of aryl methyl sites for hydroxylation is 1. The van der Waals surface area contributed by atoms with Gasteiger partial charge in [0.2, 0.25) is 0 Å². The predicted octanol–water partition coefficient (Wildman–Crippen LogP) is 2.40. The lowest BCUT2D eigenvalue weighted by Crippen LogP contribution is -2.48. The minimum absolute atomic E-state index is 0.156. The van der Waals surface area contributed by atoms with Gasteiger partial charge in [0, 0.05) is 20.2 Å². The van der Waals surface area contributed by atoms with Crippen molar-refractivity contribution in [3.63, 3.8) is 0 Å². The quantitative estimate of drug-likeness (QED) is 0.821. The van der Waals surface area contributed by atoms with E-state index in [1.165, 1.54) is 11.1 Å². The molecule has 0 aromatic heterocycles. The molecule has 3 nitrogen and oxygen atoms in total. The zero-order chi connectivity index (χ0) is 13.1. The fraction of sp³-hybridized carbons (Fsp3) is 0.600. The summed E-state index contributed by atoms with van der Waals surface area (Å²) in [7, 11) is 3.89. The highest BCUT2D eigenvalue weighted by Crippen LogP contribution is 2.25. The van der Waals surface area contributed by atoms with Gasteiger partial charge in [-0.05, 0) is 44.5 Å². The zero-order valence-corrected chi connectivity index (χ0v) is 11.8. The molecule has 2 rings (SSSR count). The largest absolute Gasteiger partial charge is 0.487 e. The summed E-state index contributed by atoms with van der Waals surface area (Å²) >= 11 is 0. The highest BCUT2D eigenvalue weighted by Gasteiger charge is 2.29. The first kappa shape index (κ1) is 13.4. The van der Waals surface area contributed by atoms with Crippen LogP contribution in [0.15, 0.2) is 18.2 Å². The SMILES string of the molecule is COC1CN(C)CCC1Oc1cccc(C)c1C. The van der Waals surface area contributed by atoms with Gasteiger partial charge in [-0.2, -0.15) is 0 Å². The van der Waals surface area contributed by atoms with Gasteiger partial charge < -0.3 is 14.4 Å². The fourth-order valence-corrected chi connectivity index (χ4v) is 2.43. The molecule has 1 aromatic rings.